The van der Waals surface area contributed by atoms with Crippen molar-refractivity contribution >= 4 is 17.2 Å². The molecule has 0 spiro atoms. The number of halogens is 3. The Bertz CT molecular complexity index is 1200. The fourth-order valence-electron chi connectivity index (χ4n) is 5.00. The van der Waals surface area contributed by atoms with Crippen molar-refractivity contribution in [3.8, 4) is 11.4 Å². The maximum absolute atomic E-state index is 14.8. The normalized spacial score (nSPS) is 21.2. The average Bonchev–Trinajstić information content (AvgIpc) is 3.29. The highest BCUT2D eigenvalue weighted by atomic mass is 19.1. The average molecular weight is 485 g/mol. The van der Waals surface area contributed by atoms with E-state index >= 15 is 0 Å². The summed E-state index contributed by atoms with van der Waals surface area (Å²) in [6, 6.07) is 3.90. The van der Waals surface area contributed by atoms with Gasteiger partial charge in [-0.3, -0.25) is 4.40 Å². The van der Waals surface area contributed by atoms with Gasteiger partial charge < -0.3 is 16.0 Å². The molecular weight excluding hydrogens is 453 g/mol. The third-order valence-electron chi connectivity index (χ3n) is 7.08. The zero-order chi connectivity index (χ0) is 24.4. The molecule has 4 heterocycles. The van der Waals surface area contributed by atoms with Crippen LogP contribution in [-0.4, -0.2) is 46.2 Å². The summed E-state index contributed by atoms with van der Waals surface area (Å²) in [5.41, 5.74) is 2.65. The fraction of sp³-hybridized carbons (Fsp3) is 0.462. The van der Waals surface area contributed by atoms with Gasteiger partial charge in [-0.25, -0.2) is 23.1 Å². The van der Waals surface area contributed by atoms with Gasteiger partial charge in [-0.15, -0.1) is 0 Å². The highest BCUT2D eigenvalue weighted by molar-refractivity contribution is 5.68. The van der Waals surface area contributed by atoms with Gasteiger partial charge in [-0.1, -0.05) is 25.8 Å². The van der Waals surface area contributed by atoms with E-state index < -0.39 is 23.8 Å². The summed E-state index contributed by atoms with van der Waals surface area (Å²) in [4.78, 5) is 8.60. The van der Waals surface area contributed by atoms with Crippen LogP contribution >= 0.6 is 0 Å². The molecule has 5 rings (SSSR count). The van der Waals surface area contributed by atoms with Gasteiger partial charge in [0.25, 0.3) is 0 Å². The number of fused-ring (bicyclic) bond motifs is 1. The Morgan fingerprint density at radius 2 is 1.97 bits per heavy atom. The van der Waals surface area contributed by atoms with Crippen molar-refractivity contribution in [1.82, 2.24) is 25.0 Å². The van der Waals surface area contributed by atoms with Crippen LogP contribution in [0, 0.1) is 17.6 Å². The number of piperidine rings is 1. The van der Waals surface area contributed by atoms with E-state index in [1.165, 1.54) is 38.3 Å². The summed E-state index contributed by atoms with van der Waals surface area (Å²) >= 11 is 0. The first-order chi connectivity index (χ1) is 17.0. The molecule has 1 saturated carbocycles. The van der Waals surface area contributed by atoms with Crippen LogP contribution in [0.4, 0.5) is 19.0 Å². The predicted molar refractivity (Wildman–Crippen MR) is 132 cm³/mol. The number of pyridine rings is 2. The minimum absolute atomic E-state index is 0.0532. The second kappa shape index (κ2) is 10.3. The Labute approximate surface area is 203 Å². The molecule has 9 heteroatoms. The second-order valence-electron chi connectivity index (χ2n) is 9.56. The molecule has 0 unspecified atom stereocenters. The van der Waals surface area contributed by atoms with Crippen molar-refractivity contribution in [2.45, 2.75) is 50.7 Å². The lowest BCUT2D eigenvalue weighted by Gasteiger charge is -2.28. The van der Waals surface area contributed by atoms with Crippen LogP contribution < -0.4 is 16.0 Å². The number of anilines is 1. The number of aromatic nitrogens is 3. The molecule has 0 bridgehead atoms. The number of rotatable bonds is 7. The van der Waals surface area contributed by atoms with E-state index in [1.54, 1.807) is 10.6 Å². The topological polar surface area (TPSA) is 66.3 Å². The van der Waals surface area contributed by atoms with E-state index in [9.17, 15) is 13.2 Å². The standard InChI is InChI=1S/C26H31F3N6/c1-16(31-13-17-5-3-2-4-6-17)18-8-10-35-23(15-32-24(35)11-18)25-20(28)12-21(29)26(34-25)33-22-14-30-9-7-19(22)27/h8,10-12,15,17,19,22,30-31H,1-7,9,13-14H2,(H,33,34)/t19-,22-/m1/s1. The van der Waals surface area contributed by atoms with Crippen molar-refractivity contribution in [1.29, 1.82) is 0 Å². The lowest BCUT2D eigenvalue weighted by Crippen LogP contribution is -2.46. The number of hydrogen-bond acceptors (Lipinski definition) is 5. The Morgan fingerprint density at radius 3 is 2.77 bits per heavy atom. The van der Waals surface area contributed by atoms with Crippen LogP contribution in [0.25, 0.3) is 22.7 Å². The van der Waals surface area contributed by atoms with E-state index in [4.69, 9.17) is 0 Å². The van der Waals surface area contributed by atoms with Gasteiger partial charge in [0, 0.05) is 36.6 Å². The van der Waals surface area contributed by atoms with Crippen molar-refractivity contribution in [2.75, 3.05) is 25.0 Å². The Hall–Kier alpha value is -3.07. The Morgan fingerprint density at radius 1 is 1.14 bits per heavy atom. The van der Waals surface area contributed by atoms with Gasteiger partial charge >= 0.3 is 0 Å². The second-order valence-corrected chi connectivity index (χ2v) is 9.56. The van der Waals surface area contributed by atoms with Gasteiger partial charge in [0.05, 0.1) is 17.9 Å². The number of nitrogens with zero attached hydrogens (tertiary/aromatic N) is 3. The first kappa shape index (κ1) is 23.7. The zero-order valence-corrected chi connectivity index (χ0v) is 19.7. The van der Waals surface area contributed by atoms with Crippen molar-refractivity contribution in [3.63, 3.8) is 0 Å². The molecule has 186 valence electrons. The molecule has 2 atom stereocenters. The van der Waals surface area contributed by atoms with Crippen LogP contribution in [0.5, 0.6) is 0 Å². The molecule has 0 aromatic carbocycles. The number of alkyl halides is 1. The molecular formula is C26H31F3N6. The largest absolute Gasteiger partial charge is 0.385 e. The van der Waals surface area contributed by atoms with Crippen LogP contribution in [0.2, 0.25) is 0 Å². The number of nitrogens with one attached hydrogen (secondary N) is 3. The first-order valence-corrected chi connectivity index (χ1v) is 12.4. The molecule has 0 amide bonds. The molecule has 2 aliphatic rings. The van der Waals surface area contributed by atoms with E-state index in [-0.39, 0.29) is 11.5 Å². The SMILES string of the molecule is C=C(NCC1CCCCC1)c1ccn2c(-c3nc(N[C@@H]4CNCC[C@H]4F)c(F)cc3F)cnc2c1. The van der Waals surface area contributed by atoms with Crippen LogP contribution in [-0.2, 0) is 0 Å². The lowest BCUT2D eigenvalue weighted by atomic mass is 9.89. The van der Waals surface area contributed by atoms with Gasteiger partial charge in [-0.05, 0) is 43.9 Å². The van der Waals surface area contributed by atoms with E-state index in [2.05, 4.69) is 32.5 Å². The smallest absolute Gasteiger partial charge is 0.168 e. The molecule has 1 aliphatic heterocycles. The summed E-state index contributed by atoms with van der Waals surface area (Å²) in [7, 11) is 0. The maximum atomic E-state index is 14.8. The fourth-order valence-corrected chi connectivity index (χ4v) is 5.00. The van der Waals surface area contributed by atoms with Crippen molar-refractivity contribution in [2.24, 2.45) is 5.92 Å². The maximum Gasteiger partial charge on any atom is 0.168 e. The molecule has 6 nitrogen and oxygen atoms in total. The van der Waals surface area contributed by atoms with Crippen LogP contribution in [0.3, 0.4) is 0 Å². The van der Waals surface area contributed by atoms with Gasteiger partial charge in [0.15, 0.2) is 17.5 Å². The number of hydrogen-bond donors (Lipinski definition) is 3. The summed E-state index contributed by atoms with van der Waals surface area (Å²) in [6.45, 7) is 5.98. The van der Waals surface area contributed by atoms with Crippen molar-refractivity contribution in [3.05, 3.63) is 54.4 Å². The van der Waals surface area contributed by atoms with E-state index in [0.29, 0.717) is 36.8 Å². The van der Waals surface area contributed by atoms with E-state index in [1.807, 2.05) is 12.1 Å². The van der Waals surface area contributed by atoms with E-state index in [0.717, 1.165) is 23.9 Å². The third-order valence-corrected chi connectivity index (χ3v) is 7.08. The summed E-state index contributed by atoms with van der Waals surface area (Å²) < 4.78 is 45.2. The predicted octanol–water partition coefficient (Wildman–Crippen LogP) is 4.93. The minimum atomic E-state index is -1.14. The molecule has 1 aliphatic carbocycles. The summed E-state index contributed by atoms with van der Waals surface area (Å²) in [5.74, 6) is -1.17. The van der Waals surface area contributed by atoms with Crippen LogP contribution in [0.1, 0.15) is 44.1 Å². The summed E-state index contributed by atoms with van der Waals surface area (Å²) in [6.07, 6.45) is 8.87. The van der Waals surface area contributed by atoms with Gasteiger partial charge in [-0.2, -0.15) is 0 Å². The molecule has 2 fully saturated rings. The molecule has 35 heavy (non-hydrogen) atoms. The van der Waals surface area contributed by atoms with Gasteiger partial charge in [0.1, 0.15) is 17.5 Å². The first-order valence-electron chi connectivity index (χ1n) is 12.4. The molecule has 3 aromatic heterocycles. The minimum Gasteiger partial charge on any atom is -0.385 e. The number of imidazole rings is 1. The molecule has 3 aromatic rings. The molecule has 0 radical (unpaired) electrons. The molecule has 3 N–H and O–H groups in total. The van der Waals surface area contributed by atoms with Crippen LogP contribution in [0.15, 0.2) is 37.2 Å². The Balaban J connectivity index is 1.36. The highest BCUT2D eigenvalue weighted by Crippen LogP contribution is 2.28. The quantitative estimate of drug-likeness (QED) is 0.444. The summed E-state index contributed by atoms with van der Waals surface area (Å²) in [5, 5.41) is 9.32. The lowest BCUT2D eigenvalue weighted by molar-refractivity contribution is 0.240. The zero-order valence-electron chi connectivity index (χ0n) is 19.7. The van der Waals surface area contributed by atoms with Gasteiger partial charge in [0.2, 0.25) is 0 Å². The highest BCUT2D eigenvalue weighted by Gasteiger charge is 2.27. The third kappa shape index (κ3) is 5.15. The molecule has 1 saturated heterocycles. The monoisotopic (exact) mass is 484 g/mol. The van der Waals surface area contributed by atoms with Crippen molar-refractivity contribution < 1.29 is 13.2 Å². The Kier molecular flexibility index (Phi) is 6.95.